The van der Waals surface area contributed by atoms with Gasteiger partial charge in [0.25, 0.3) is 0 Å². The van der Waals surface area contributed by atoms with Gasteiger partial charge in [0.05, 0.1) is 11.8 Å². The van der Waals surface area contributed by atoms with Crippen LogP contribution in [-0.2, 0) is 4.74 Å². The van der Waals surface area contributed by atoms with Gasteiger partial charge in [-0.2, -0.15) is 0 Å². The number of urea groups is 1. The second kappa shape index (κ2) is 8.71. The average Bonchev–Trinajstić information content (AvgIpc) is 2.64. The summed E-state index contributed by atoms with van der Waals surface area (Å²) in [6.45, 7) is 4.83. The highest BCUT2D eigenvalue weighted by Gasteiger charge is 2.25. The molecule has 2 amide bonds. The maximum atomic E-state index is 14.2. The fraction of sp³-hybridized carbons (Fsp3) is 0.650. The lowest BCUT2D eigenvalue weighted by atomic mass is 10.0. The van der Waals surface area contributed by atoms with Gasteiger partial charge in [-0.15, -0.1) is 0 Å². The molecule has 0 aliphatic carbocycles. The van der Waals surface area contributed by atoms with Crippen molar-refractivity contribution in [2.75, 3.05) is 38.2 Å². The average molecular weight is 363 g/mol. The number of anilines is 1. The predicted molar refractivity (Wildman–Crippen MR) is 101 cm³/mol. The van der Waals surface area contributed by atoms with E-state index in [1.807, 2.05) is 24.9 Å². The Morgan fingerprint density at radius 1 is 1.35 bits per heavy atom. The molecular weight excluding hydrogens is 333 g/mol. The van der Waals surface area contributed by atoms with Crippen molar-refractivity contribution in [1.29, 1.82) is 0 Å². The number of likely N-dealkylation sites (N-methyl/N-ethyl adjacent to an activating group) is 1. The van der Waals surface area contributed by atoms with Crippen LogP contribution in [-0.4, -0.2) is 56.4 Å². The Kier molecular flexibility index (Phi) is 6.35. The number of ether oxygens (including phenoxy) is 1. The molecule has 2 atom stereocenters. The van der Waals surface area contributed by atoms with E-state index in [0.29, 0.717) is 18.8 Å². The zero-order valence-corrected chi connectivity index (χ0v) is 15.8. The second-order valence-corrected chi connectivity index (χ2v) is 7.56. The number of nitrogens with one attached hydrogen (secondary N) is 1. The zero-order valence-electron chi connectivity index (χ0n) is 15.8. The summed E-state index contributed by atoms with van der Waals surface area (Å²) in [4.78, 5) is 16.3. The molecule has 2 aliphatic heterocycles. The minimum absolute atomic E-state index is 0.0332. The number of rotatable bonds is 4. The van der Waals surface area contributed by atoms with Crippen LogP contribution >= 0.6 is 0 Å². The highest BCUT2D eigenvalue weighted by atomic mass is 19.1. The predicted octanol–water partition coefficient (Wildman–Crippen LogP) is 3.31. The van der Waals surface area contributed by atoms with Gasteiger partial charge >= 0.3 is 6.03 Å². The topological polar surface area (TPSA) is 44.8 Å². The van der Waals surface area contributed by atoms with Crippen molar-refractivity contribution < 1.29 is 13.9 Å². The lowest BCUT2D eigenvalue weighted by Crippen LogP contribution is -2.52. The number of nitrogens with zero attached hydrogens (tertiary/aromatic N) is 2. The normalized spacial score (nSPS) is 23.6. The van der Waals surface area contributed by atoms with Crippen molar-refractivity contribution >= 4 is 11.7 Å². The van der Waals surface area contributed by atoms with Crippen LogP contribution < -0.4 is 10.2 Å². The molecular formula is C20H30FN3O2. The molecule has 0 aromatic heterocycles. The first-order valence-electron chi connectivity index (χ1n) is 9.67. The van der Waals surface area contributed by atoms with Crippen LogP contribution in [0.2, 0.25) is 0 Å². The van der Waals surface area contributed by atoms with Crippen LogP contribution in [0.3, 0.4) is 0 Å². The van der Waals surface area contributed by atoms with Crippen LogP contribution in [0.4, 0.5) is 14.9 Å². The minimum Gasteiger partial charge on any atom is -0.376 e. The van der Waals surface area contributed by atoms with Crippen LogP contribution in [0.1, 0.15) is 37.7 Å². The van der Waals surface area contributed by atoms with Gasteiger partial charge in [-0.25, -0.2) is 9.18 Å². The maximum absolute atomic E-state index is 14.2. The number of hydrogen-bond donors (Lipinski definition) is 1. The number of aryl methyl sites for hydroxylation is 1. The Morgan fingerprint density at radius 2 is 2.19 bits per heavy atom. The molecule has 0 spiro atoms. The molecule has 1 N–H and O–H groups in total. The Labute approximate surface area is 155 Å². The van der Waals surface area contributed by atoms with Crippen molar-refractivity contribution in [3.8, 4) is 0 Å². The highest BCUT2D eigenvalue weighted by molar-refractivity contribution is 5.74. The molecule has 0 radical (unpaired) electrons. The Morgan fingerprint density at radius 3 is 2.96 bits per heavy atom. The first kappa shape index (κ1) is 19.0. The molecule has 144 valence electrons. The van der Waals surface area contributed by atoms with Crippen molar-refractivity contribution in [3.05, 3.63) is 29.6 Å². The van der Waals surface area contributed by atoms with Gasteiger partial charge in [-0.1, -0.05) is 6.07 Å². The molecule has 0 bridgehead atoms. The van der Waals surface area contributed by atoms with Gasteiger partial charge < -0.3 is 19.9 Å². The summed E-state index contributed by atoms with van der Waals surface area (Å²) in [5.41, 5.74) is 1.67. The van der Waals surface area contributed by atoms with Crippen LogP contribution in [0.15, 0.2) is 18.2 Å². The molecule has 2 fully saturated rings. The lowest BCUT2D eigenvalue weighted by molar-refractivity contribution is 0.00369. The molecule has 2 heterocycles. The smallest absolute Gasteiger partial charge is 0.317 e. The number of halogens is 1. The molecule has 26 heavy (non-hydrogen) atoms. The van der Waals surface area contributed by atoms with E-state index in [0.717, 1.165) is 44.4 Å². The Hall–Kier alpha value is -1.82. The van der Waals surface area contributed by atoms with E-state index in [-0.39, 0.29) is 24.0 Å². The summed E-state index contributed by atoms with van der Waals surface area (Å²) < 4.78 is 19.9. The first-order chi connectivity index (χ1) is 12.5. The monoisotopic (exact) mass is 363 g/mol. The molecule has 2 unspecified atom stereocenters. The molecule has 1 aromatic rings. The number of amides is 2. The fourth-order valence-electron chi connectivity index (χ4n) is 3.80. The Balaban J connectivity index is 1.54. The summed E-state index contributed by atoms with van der Waals surface area (Å²) in [7, 11) is 1.81. The van der Waals surface area contributed by atoms with Crippen molar-refractivity contribution in [2.45, 2.75) is 51.2 Å². The van der Waals surface area contributed by atoms with E-state index >= 15 is 0 Å². The summed E-state index contributed by atoms with van der Waals surface area (Å²) in [5, 5.41) is 3.11. The summed E-state index contributed by atoms with van der Waals surface area (Å²) in [5.74, 6) is -0.200. The molecule has 2 aliphatic rings. The highest BCUT2D eigenvalue weighted by Crippen LogP contribution is 2.24. The third-order valence-corrected chi connectivity index (χ3v) is 5.29. The lowest BCUT2D eigenvalue weighted by Gasteiger charge is -2.36. The van der Waals surface area contributed by atoms with Gasteiger partial charge in [0, 0.05) is 39.3 Å². The number of carbonyl (C=O) groups is 1. The zero-order chi connectivity index (χ0) is 18.5. The van der Waals surface area contributed by atoms with E-state index in [4.69, 9.17) is 4.74 Å². The van der Waals surface area contributed by atoms with E-state index in [1.165, 1.54) is 12.5 Å². The number of benzene rings is 1. The van der Waals surface area contributed by atoms with Crippen LogP contribution in [0.5, 0.6) is 0 Å². The third kappa shape index (κ3) is 4.87. The second-order valence-electron chi connectivity index (χ2n) is 7.56. The minimum atomic E-state index is -0.200. The van der Waals surface area contributed by atoms with Crippen LogP contribution in [0.25, 0.3) is 0 Å². The maximum Gasteiger partial charge on any atom is 0.317 e. The third-order valence-electron chi connectivity index (χ3n) is 5.29. The number of carbonyl (C=O) groups excluding carboxylic acids is 1. The number of piperidine rings is 1. The van der Waals surface area contributed by atoms with E-state index in [2.05, 4.69) is 5.32 Å². The van der Waals surface area contributed by atoms with Gasteiger partial charge in [0.2, 0.25) is 0 Å². The molecule has 1 aromatic carbocycles. The van der Waals surface area contributed by atoms with Gasteiger partial charge in [-0.3, -0.25) is 0 Å². The fourth-order valence-corrected chi connectivity index (χ4v) is 3.80. The number of hydrogen-bond acceptors (Lipinski definition) is 3. The Bertz CT molecular complexity index is 619. The molecule has 3 rings (SSSR count). The summed E-state index contributed by atoms with van der Waals surface area (Å²) in [6.07, 6.45) is 5.29. The van der Waals surface area contributed by atoms with E-state index in [9.17, 15) is 9.18 Å². The summed E-state index contributed by atoms with van der Waals surface area (Å²) >= 11 is 0. The molecule has 0 saturated carbocycles. The first-order valence-corrected chi connectivity index (χ1v) is 9.67. The largest absolute Gasteiger partial charge is 0.376 e. The van der Waals surface area contributed by atoms with Gasteiger partial charge in [0.1, 0.15) is 5.82 Å². The molecule has 2 saturated heterocycles. The SMILES string of the molecule is Cc1ccc(F)c(N2CCCC(NC(=O)N(C)CC3CCCCO3)C2)c1. The van der Waals surface area contributed by atoms with Gasteiger partial charge in [0.15, 0.2) is 0 Å². The van der Waals surface area contributed by atoms with Crippen molar-refractivity contribution in [2.24, 2.45) is 0 Å². The molecule has 5 nitrogen and oxygen atoms in total. The van der Waals surface area contributed by atoms with Crippen molar-refractivity contribution in [1.82, 2.24) is 10.2 Å². The van der Waals surface area contributed by atoms with E-state index < -0.39 is 0 Å². The quantitative estimate of drug-likeness (QED) is 0.893. The van der Waals surface area contributed by atoms with E-state index in [1.54, 1.807) is 11.0 Å². The van der Waals surface area contributed by atoms with Crippen molar-refractivity contribution in [3.63, 3.8) is 0 Å². The molecule has 6 heteroatoms. The standard InChI is InChI=1S/C20H30FN3O2/c1-15-8-9-18(21)19(12-15)24-10-5-6-16(13-24)22-20(25)23(2)14-17-7-3-4-11-26-17/h8-9,12,16-17H,3-7,10-11,13-14H2,1-2H3,(H,22,25). The van der Waals surface area contributed by atoms with Gasteiger partial charge in [-0.05, 0) is 56.7 Å². The van der Waals surface area contributed by atoms with Crippen LogP contribution in [0, 0.1) is 12.7 Å². The summed E-state index contributed by atoms with van der Waals surface area (Å²) in [6, 6.07) is 5.14.